The Morgan fingerprint density at radius 2 is 1.86 bits per heavy atom. The van der Waals surface area contributed by atoms with Crippen LogP contribution in [0.3, 0.4) is 0 Å². The van der Waals surface area contributed by atoms with Crippen molar-refractivity contribution in [1.29, 1.82) is 0 Å². The maximum absolute atomic E-state index is 12.0. The lowest BCUT2D eigenvalue weighted by molar-refractivity contribution is 0.250. The number of methoxy groups -OCH3 is 1. The van der Waals surface area contributed by atoms with E-state index in [-0.39, 0.29) is 5.63 Å². The molecule has 28 heavy (non-hydrogen) atoms. The Hall–Kier alpha value is -2.50. The lowest BCUT2D eigenvalue weighted by Crippen LogP contribution is -2.46. The molecule has 1 aromatic heterocycles. The topological polar surface area (TPSA) is 45.9 Å². The van der Waals surface area contributed by atoms with Crippen molar-refractivity contribution in [3.8, 4) is 5.75 Å². The number of fused-ring (bicyclic) bond motifs is 1. The summed E-state index contributed by atoms with van der Waals surface area (Å²) in [6.07, 6.45) is 0. The molecule has 146 valence electrons. The van der Waals surface area contributed by atoms with E-state index < -0.39 is 0 Å². The Balaban J connectivity index is 1.52. The number of hydrogen-bond acceptors (Lipinski definition) is 5. The third kappa shape index (κ3) is 3.86. The maximum atomic E-state index is 12.0. The number of hydrogen-bond donors (Lipinski definition) is 0. The van der Waals surface area contributed by atoms with E-state index in [1.807, 2.05) is 18.2 Å². The average Bonchev–Trinajstić information content (AvgIpc) is 2.70. The third-order valence-electron chi connectivity index (χ3n) is 5.31. The molecule has 0 saturated carbocycles. The minimum Gasteiger partial charge on any atom is -0.497 e. The summed E-state index contributed by atoms with van der Waals surface area (Å²) in [4.78, 5) is 16.7. The van der Waals surface area contributed by atoms with Crippen LogP contribution in [-0.2, 0) is 6.54 Å². The van der Waals surface area contributed by atoms with Crippen molar-refractivity contribution < 1.29 is 9.15 Å². The van der Waals surface area contributed by atoms with Crippen molar-refractivity contribution >= 4 is 28.3 Å². The van der Waals surface area contributed by atoms with Gasteiger partial charge in [-0.25, -0.2) is 4.79 Å². The summed E-state index contributed by atoms with van der Waals surface area (Å²) >= 11 is 6.18. The molecule has 0 N–H and O–H groups in total. The molecule has 0 unspecified atom stereocenters. The van der Waals surface area contributed by atoms with Gasteiger partial charge in [0.05, 0.1) is 7.11 Å². The Bertz CT molecular complexity index is 1060. The average molecular weight is 399 g/mol. The van der Waals surface area contributed by atoms with Crippen molar-refractivity contribution in [2.24, 2.45) is 0 Å². The number of halogens is 1. The SMILES string of the molecule is COc1ccc2oc(=O)cc(CN3CCN(c4cc(Cl)ccc4C)CC3)c2c1. The van der Waals surface area contributed by atoms with Crippen LogP contribution in [0.5, 0.6) is 5.75 Å². The van der Waals surface area contributed by atoms with E-state index in [0.29, 0.717) is 12.1 Å². The second-order valence-corrected chi connectivity index (χ2v) is 7.58. The van der Waals surface area contributed by atoms with Crippen LogP contribution in [0.4, 0.5) is 5.69 Å². The minimum atomic E-state index is -0.319. The molecule has 4 rings (SSSR count). The highest BCUT2D eigenvalue weighted by Gasteiger charge is 2.20. The predicted octanol–water partition coefficient (Wildman–Crippen LogP) is 4.09. The zero-order chi connectivity index (χ0) is 19.7. The largest absolute Gasteiger partial charge is 0.497 e. The molecule has 1 saturated heterocycles. The summed E-state index contributed by atoms with van der Waals surface area (Å²) in [6.45, 7) is 6.49. The fourth-order valence-corrected chi connectivity index (χ4v) is 3.94. The molecule has 3 aromatic rings. The zero-order valence-corrected chi connectivity index (χ0v) is 16.8. The van der Waals surface area contributed by atoms with Crippen molar-refractivity contribution in [2.45, 2.75) is 13.5 Å². The van der Waals surface area contributed by atoms with Gasteiger partial charge in [0.1, 0.15) is 11.3 Å². The molecule has 5 nitrogen and oxygen atoms in total. The monoisotopic (exact) mass is 398 g/mol. The second-order valence-electron chi connectivity index (χ2n) is 7.15. The number of benzene rings is 2. The zero-order valence-electron chi connectivity index (χ0n) is 16.1. The fourth-order valence-electron chi connectivity index (χ4n) is 3.78. The highest BCUT2D eigenvalue weighted by molar-refractivity contribution is 6.30. The van der Waals surface area contributed by atoms with Crippen LogP contribution in [0.15, 0.2) is 51.7 Å². The second kappa shape index (κ2) is 7.86. The molecule has 0 bridgehead atoms. The Morgan fingerprint density at radius 3 is 2.61 bits per heavy atom. The van der Waals surface area contributed by atoms with E-state index in [9.17, 15) is 4.79 Å². The quantitative estimate of drug-likeness (QED) is 0.619. The van der Waals surface area contributed by atoms with Crippen LogP contribution >= 0.6 is 11.6 Å². The molecule has 0 spiro atoms. The van der Waals surface area contributed by atoms with E-state index in [2.05, 4.69) is 22.8 Å². The lowest BCUT2D eigenvalue weighted by Gasteiger charge is -2.37. The van der Waals surface area contributed by atoms with Crippen LogP contribution in [0.25, 0.3) is 11.0 Å². The first-order chi connectivity index (χ1) is 13.5. The van der Waals surface area contributed by atoms with Gasteiger partial charge in [0.15, 0.2) is 0 Å². The molecular formula is C22H23ClN2O3. The highest BCUT2D eigenvalue weighted by Crippen LogP contribution is 2.27. The minimum absolute atomic E-state index is 0.319. The first-order valence-corrected chi connectivity index (χ1v) is 9.75. The standard InChI is InChI=1S/C22H23ClN2O3/c1-15-3-4-17(23)12-20(15)25-9-7-24(8-10-25)14-16-11-22(26)28-21-6-5-18(27-2)13-19(16)21/h3-6,11-13H,7-10,14H2,1-2H3. The summed E-state index contributed by atoms with van der Waals surface area (Å²) < 4.78 is 10.7. The summed E-state index contributed by atoms with van der Waals surface area (Å²) in [7, 11) is 1.64. The van der Waals surface area contributed by atoms with E-state index in [4.69, 9.17) is 20.8 Å². The smallest absolute Gasteiger partial charge is 0.336 e. The number of aryl methyl sites for hydroxylation is 1. The summed E-state index contributed by atoms with van der Waals surface area (Å²) in [5.74, 6) is 0.754. The number of piperazine rings is 1. The Labute approximate surface area is 169 Å². The molecule has 0 aliphatic carbocycles. The van der Waals surface area contributed by atoms with Gasteiger partial charge < -0.3 is 14.1 Å². The van der Waals surface area contributed by atoms with Crippen molar-refractivity contribution in [2.75, 3.05) is 38.2 Å². The summed E-state index contributed by atoms with van der Waals surface area (Å²) in [6, 6.07) is 13.1. The third-order valence-corrected chi connectivity index (χ3v) is 5.55. The van der Waals surface area contributed by atoms with Gasteiger partial charge in [0.2, 0.25) is 0 Å². The number of ether oxygens (including phenoxy) is 1. The molecule has 0 amide bonds. The molecule has 1 aliphatic heterocycles. The summed E-state index contributed by atoms with van der Waals surface area (Å²) in [5.41, 5.74) is 3.68. The maximum Gasteiger partial charge on any atom is 0.336 e. The predicted molar refractivity (Wildman–Crippen MR) is 113 cm³/mol. The van der Waals surface area contributed by atoms with Crippen molar-refractivity contribution in [3.63, 3.8) is 0 Å². The summed E-state index contributed by atoms with van der Waals surface area (Å²) in [5, 5.41) is 1.69. The van der Waals surface area contributed by atoms with Crippen LogP contribution in [-0.4, -0.2) is 38.2 Å². The Morgan fingerprint density at radius 1 is 1.07 bits per heavy atom. The van der Waals surface area contributed by atoms with Gasteiger partial charge in [-0.3, -0.25) is 4.90 Å². The van der Waals surface area contributed by atoms with E-state index in [1.165, 1.54) is 11.3 Å². The molecule has 6 heteroatoms. The number of rotatable bonds is 4. The normalized spacial score (nSPS) is 15.2. The van der Waals surface area contributed by atoms with Crippen molar-refractivity contribution in [1.82, 2.24) is 4.90 Å². The number of anilines is 1. The van der Waals surface area contributed by atoms with E-state index in [0.717, 1.165) is 47.9 Å². The first-order valence-electron chi connectivity index (χ1n) is 9.38. The van der Waals surface area contributed by atoms with Gasteiger partial charge in [-0.15, -0.1) is 0 Å². The van der Waals surface area contributed by atoms with Crippen LogP contribution < -0.4 is 15.3 Å². The Kier molecular flexibility index (Phi) is 5.29. The molecule has 2 aromatic carbocycles. The molecular weight excluding hydrogens is 376 g/mol. The highest BCUT2D eigenvalue weighted by atomic mass is 35.5. The van der Waals surface area contributed by atoms with Gasteiger partial charge in [-0.05, 0) is 48.4 Å². The van der Waals surface area contributed by atoms with Crippen LogP contribution in [0.2, 0.25) is 5.02 Å². The van der Waals surface area contributed by atoms with Gasteiger partial charge in [-0.1, -0.05) is 17.7 Å². The van der Waals surface area contributed by atoms with Gasteiger partial charge in [0.25, 0.3) is 0 Å². The molecule has 1 aliphatic rings. The first kappa shape index (κ1) is 18.8. The van der Waals surface area contributed by atoms with Gasteiger partial charge in [-0.2, -0.15) is 0 Å². The van der Waals surface area contributed by atoms with Crippen LogP contribution in [0.1, 0.15) is 11.1 Å². The molecule has 2 heterocycles. The van der Waals surface area contributed by atoms with E-state index in [1.54, 1.807) is 25.3 Å². The number of nitrogens with zero attached hydrogens (tertiary/aromatic N) is 2. The van der Waals surface area contributed by atoms with Crippen molar-refractivity contribution in [3.05, 3.63) is 69.0 Å². The van der Waals surface area contributed by atoms with E-state index >= 15 is 0 Å². The fraction of sp³-hybridized carbons (Fsp3) is 0.318. The van der Waals surface area contributed by atoms with Crippen LogP contribution in [0, 0.1) is 6.92 Å². The molecule has 1 fully saturated rings. The molecule has 0 atom stereocenters. The van der Waals surface area contributed by atoms with Gasteiger partial charge >= 0.3 is 5.63 Å². The molecule has 0 radical (unpaired) electrons. The lowest BCUT2D eigenvalue weighted by atomic mass is 10.1. The van der Waals surface area contributed by atoms with Gasteiger partial charge in [0, 0.05) is 54.9 Å².